The molecule has 0 unspecified atom stereocenters. The van der Waals surface area contributed by atoms with Crippen molar-refractivity contribution < 1.29 is 0 Å². The van der Waals surface area contributed by atoms with E-state index >= 15 is 0 Å². The fourth-order valence-electron chi connectivity index (χ4n) is 2.06. The normalized spacial score (nSPS) is 23.8. The average Bonchev–Trinajstić information content (AvgIpc) is 2.87. The predicted octanol–water partition coefficient (Wildman–Crippen LogP) is 2.19. The first-order chi connectivity index (χ1) is 6.74. The summed E-state index contributed by atoms with van der Waals surface area (Å²) in [5.74, 6) is 0. The highest BCUT2D eigenvalue weighted by Gasteiger charge is 2.35. The fourth-order valence-corrected chi connectivity index (χ4v) is 2.30. The largest absolute Gasteiger partial charge is 0.362 e. The number of nitrogens with one attached hydrogen (secondary N) is 2. The van der Waals surface area contributed by atoms with E-state index in [2.05, 4.69) is 17.6 Å². The molecule has 0 radical (unpaired) electrons. The Morgan fingerprint density at radius 3 is 2.57 bits per heavy atom. The summed E-state index contributed by atoms with van der Waals surface area (Å²) in [7, 11) is 0. The van der Waals surface area contributed by atoms with Crippen molar-refractivity contribution in [3.63, 3.8) is 0 Å². The van der Waals surface area contributed by atoms with Crippen molar-refractivity contribution in [2.24, 2.45) is 5.41 Å². The Labute approximate surface area is 91.8 Å². The number of hydrogen-bond acceptors (Lipinski definition) is 1. The first kappa shape index (κ1) is 10.2. The first-order valence-corrected chi connectivity index (χ1v) is 6.19. The molecule has 2 fully saturated rings. The van der Waals surface area contributed by atoms with Gasteiger partial charge in [-0.15, -0.1) is 0 Å². The molecule has 80 valence electrons. The van der Waals surface area contributed by atoms with Crippen LogP contribution >= 0.6 is 12.2 Å². The van der Waals surface area contributed by atoms with Gasteiger partial charge in [-0.1, -0.05) is 13.3 Å². The van der Waals surface area contributed by atoms with Gasteiger partial charge in [0, 0.05) is 12.6 Å². The lowest BCUT2D eigenvalue weighted by Gasteiger charge is -2.41. The Morgan fingerprint density at radius 1 is 1.43 bits per heavy atom. The molecular formula is C11H20N2S. The highest BCUT2D eigenvalue weighted by molar-refractivity contribution is 7.80. The molecule has 0 bridgehead atoms. The maximum Gasteiger partial charge on any atom is 0.166 e. The van der Waals surface area contributed by atoms with Crippen molar-refractivity contribution >= 4 is 17.3 Å². The second-order valence-corrected chi connectivity index (χ2v) is 5.22. The molecule has 0 aromatic rings. The van der Waals surface area contributed by atoms with Crippen LogP contribution in [0.5, 0.6) is 0 Å². The molecule has 2 rings (SSSR count). The van der Waals surface area contributed by atoms with Gasteiger partial charge in [-0.05, 0) is 49.7 Å². The van der Waals surface area contributed by atoms with Crippen LogP contribution in [0, 0.1) is 5.41 Å². The Hall–Kier alpha value is -0.310. The van der Waals surface area contributed by atoms with Crippen LogP contribution < -0.4 is 10.6 Å². The Bertz CT molecular complexity index is 214. The first-order valence-electron chi connectivity index (χ1n) is 5.78. The van der Waals surface area contributed by atoms with E-state index in [4.69, 9.17) is 12.2 Å². The van der Waals surface area contributed by atoms with E-state index in [0.29, 0.717) is 11.5 Å². The predicted molar refractivity (Wildman–Crippen MR) is 63.3 cm³/mol. The topological polar surface area (TPSA) is 24.1 Å². The summed E-state index contributed by atoms with van der Waals surface area (Å²) in [5, 5.41) is 7.55. The average molecular weight is 212 g/mol. The van der Waals surface area contributed by atoms with Gasteiger partial charge < -0.3 is 10.6 Å². The molecule has 3 heteroatoms. The molecule has 2 aliphatic rings. The smallest absolute Gasteiger partial charge is 0.166 e. The molecule has 2 nitrogen and oxygen atoms in total. The van der Waals surface area contributed by atoms with E-state index in [0.717, 1.165) is 11.7 Å². The highest BCUT2D eigenvalue weighted by atomic mass is 32.1. The van der Waals surface area contributed by atoms with E-state index in [9.17, 15) is 0 Å². The van der Waals surface area contributed by atoms with Crippen LogP contribution in [0.4, 0.5) is 0 Å². The van der Waals surface area contributed by atoms with Gasteiger partial charge >= 0.3 is 0 Å². The van der Waals surface area contributed by atoms with Crippen molar-refractivity contribution in [2.45, 2.75) is 51.5 Å². The molecule has 2 N–H and O–H groups in total. The lowest BCUT2D eigenvalue weighted by Crippen LogP contribution is -2.45. The minimum absolute atomic E-state index is 0.565. The van der Waals surface area contributed by atoms with E-state index in [1.54, 1.807) is 0 Å². The van der Waals surface area contributed by atoms with Gasteiger partial charge in [0.05, 0.1) is 0 Å². The van der Waals surface area contributed by atoms with Crippen LogP contribution in [-0.4, -0.2) is 17.7 Å². The Balaban J connectivity index is 1.67. The fraction of sp³-hybridized carbons (Fsp3) is 0.909. The summed E-state index contributed by atoms with van der Waals surface area (Å²) in [5.41, 5.74) is 0.565. The maximum absolute atomic E-state index is 5.24. The standard InChI is InChI=1S/C11H20N2S/c1-2-11(6-3-7-11)8-12-10(14)13-9-4-5-9/h9H,2-8H2,1H3,(H2,12,13,14). The molecule has 0 aromatic carbocycles. The summed E-state index contributed by atoms with van der Waals surface area (Å²) >= 11 is 5.24. The molecule has 2 aliphatic carbocycles. The SMILES string of the molecule is CCC1(CNC(=S)NC2CC2)CCC1. The van der Waals surface area contributed by atoms with Gasteiger partial charge in [0.2, 0.25) is 0 Å². The lowest BCUT2D eigenvalue weighted by molar-refractivity contribution is 0.131. The zero-order valence-corrected chi connectivity index (χ0v) is 9.75. The van der Waals surface area contributed by atoms with Crippen LogP contribution in [-0.2, 0) is 0 Å². The van der Waals surface area contributed by atoms with E-state index < -0.39 is 0 Å². The quantitative estimate of drug-likeness (QED) is 0.699. The number of rotatable bonds is 4. The maximum atomic E-state index is 5.24. The van der Waals surface area contributed by atoms with Crippen LogP contribution in [0.3, 0.4) is 0 Å². The third-order valence-corrected chi connectivity index (χ3v) is 3.96. The highest BCUT2D eigenvalue weighted by Crippen LogP contribution is 2.42. The zero-order chi connectivity index (χ0) is 10.0. The summed E-state index contributed by atoms with van der Waals surface area (Å²) in [4.78, 5) is 0. The van der Waals surface area contributed by atoms with Crippen LogP contribution in [0.15, 0.2) is 0 Å². The monoisotopic (exact) mass is 212 g/mol. The molecule has 2 saturated carbocycles. The van der Waals surface area contributed by atoms with E-state index in [1.807, 2.05) is 0 Å². The molecule has 0 spiro atoms. The molecule has 0 atom stereocenters. The minimum Gasteiger partial charge on any atom is -0.362 e. The zero-order valence-electron chi connectivity index (χ0n) is 8.94. The van der Waals surface area contributed by atoms with Crippen molar-refractivity contribution in [3.05, 3.63) is 0 Å². The van der Waals surface area contributed by atoms with E-state index in [-0.39, 0.29) is 0 Å². The molecule has 14 heavy (non-hydrogen) atoms. The van der Waals surface area contributed by atoms with Gasteiger partial charge in [-0.2, -0.15) is 0 Å². The summed E-state index contributed by atoms with van der Waals surface area (Å²) < 4.78 is 0. The van der Waals surface area contributed by atoms with Crippen LogP contribution in [0.2, 0.25) is 0 Å². The van der Waals surface area contributed by atoms with Crippen molar-refractivity contribution in [3.8, 4) is 0 Å². The minimum atomic E-state index is 0.565. The van der Waals surface area contributed by atoms with Crippen LogP contribution in [0.1, 0.15) is 45.4 Å². The van der Waals surface area contributed by atoms with Gasteiger partial charge in [0.15, 0.2) is 5.11 Å². The van der Waals surface area contributed by atoms with Gasteiger partial charge in [0.25, 0.3) is 0 Å². The second-order valence-electron chi connectivity index (χ2n) is 4.81. The molecule has 0 aliphatic heterocycles. The lowest BCUT2D eigenvalue weighted by atomic mass is 9.67. The van der Waals surface area contributed by atoms with Crippen LogP contribution in [0.25, 0.3) is 0 Å². The van der Waals surface area contributed by atoms with E-state index in [1.165, 1.54) is 38.5 Å². The van der Waals surface area contributed by atoms with Crippen molar-refractivity contribution in [1.29, 1.82) is 0 Å². The molecule has 0 heterocycles. The molecule has 0 aromatic heterocycles. The summed E-state index contributed by atoms with van der Waals surface area (Å²) in [6.45, 7) is 3.36. The third kappa shape index (κ3) is 2.38. The van der Waals surface area contributed by atoms with Gasteiger partial charge in [0.1, 0.15) is 0 Å². The number of hydrogen-bond donors (Lipinski definition) is 2. The van der Waals surface area contributed by atoms with Gasteiger partial charge in [-0.3, -0.25) is 0 Å². The second kappa shape index (κ2) is 4.05. The van der Waals surface area contributed by atoms with Gasteiger partial charge in [-0.25, -0.2) is 0 Å². The third-order valence-electron chi connectivity index (χ3n) is 3.70. The molecule has 0 amide bonds. The number of thiocarbonyl (C=S) groups is 1. The molecule has 0 saturated heterocycles. The van der Waals surface area contributed by atoms with Crippen molar-refractivity contribution in [2.75, 3.05) is 6.54 Å². The Kier molecular flexibility index (Phi) is 2.96. The molecular weight excluding hydrogens is 192 g/mol. The van der Waals surface area contributed by atoms with Crippen molar-refractivity contribution in [1.82, 2.24) is 10.6 Å². The summed E-state index contributed by atoms with van der Waals surface area (Å²) in [6, 6.07) is 0.675. The summed E-state index contributed by atoms with van der Waals surface area (Å²) in [6.07, 6.45) is 8.02. The Morgan fingerprint density at radius 2 is 2.14 bits per heavy atom.